The van der Waals surface area contributed by atoms with E-state index in [1.807, 2.05) is 0 Å². The molecule has 0 amide bonds. The predicted molar refractivity (Wildman–Crippen MR) is 70.3 cm³/mol. The van der Waals surface area contributed by atoms with Crippen LogP contribution in [0.2, 0.25) is 0 Å². The lowest BCUT2D eigenvalue weighted by molar-refractivity contribution is -0.459. The Balaban J connectivity index is 3.27. The van der Waals surface area contributed by atoms with Crippen LogP contribution in [0.25, 0.3) is 0 Å². The molecule has 1 aromatic rings. The summed E-state index contributed by atoms with van der Waals surface area (Å²) in [7, 11) is 4.58. The lowest BCUT2D eigenvalue weighted by Crippen LogP contribution is -2.96. The van der Waals surface area contributed by atoms with Gasteiger partial charge in [0.15, 0.2) is 17.2 Å². The van der Waals surface area contributed by atoms with Gasteiger partial charge in [-0.05, 0) is 0 Å². The quantitative estimate of drug-likeness (QED) is 0.280. The number of benzene rings is 1. The second kappa shape index (κ2) is 6.34. The summed E-state index contributed by atoms with van der Waals surface area (Å²) in [6.07, 6.45) is 0. The van der Waals surface area contributed by atoms with Gasteiger partial charge in [-0.15, -0.1) is 4.99 Å². The number of hydrogen-bond donors (Lipinski definition) is 5. The van der Waals surface area contributed by atoms with Gasteiger partial charge in [-0.2, -0.15) is 4.99 Å². The highest BCUT2D eigenvalue weighted by molar-refractivity contribution is 5.76. The average Bonchev–Trinajstić information content (AvgIpc) is 2.36. The molecular formula is C11H19N5O3+2. The van der Waals surface area contributed by atoms with E-state index in [9.17, 15) is 0 Å². The summed E-state index contributed by atoms with van der Waals surface area (Å²) in [6.45, 7) is 0. The molecule has 0 radical (unpaired) electrons. The number of hydrogen-bond acceptors (Lipinski definition) is 3. The first-order valence-electron chi connectivity index (χ1n) is 5.36. The first-order chi connectivity index (χ1) is 9.01. The van der Waals surface area contributed by atoms with E-state index in [4.69, 9.17) is 31.4 Å². The number of methoxy groups -OCH3 is 3. The van der Waals surface area contributed by atoms with E-state index >= 15 is 0 Å². The van der Waals surface area contributed by atoms with E-state index < -0.39 is 0 Å². The van der Waals surface area contributed by atoms with Crippen LogP contribution < -0.4 is 41.4 Å². The molecule has 1 rings (SSSR count). The summed E-state index contributed by atoms with van der Waals surface area (Å²) < 4.78 is 15.6. The van der Waals surface area contributed by atoms with Gasteiger partial charge in [0.25, 0.3) is 5.96 Å². The molecule has 0 aliphatic carbocycles. The van der Waals surface area contributed by atoms with Gasteiger partial charge in [0.2, 0.25) is 5.75 Å². The largest absolute Gasteiger partial charge is 0.522 e. The Hall–Kier alpha value is -2.64. The van der Waals surface area contributed by atoms with Gasteiger partial charge in [-0.3, -0.25) is 0 Å². The lowest BCUT2D eigenvalue weighted by Gasteiger charge is -2.11. The fourth-order valence-electron chi connectivity index (χ4n) is 1.50. The minimum Gasteiger partial charge on any atom is -0.493 e. The Kier molecular flexibility index (Phi) is 4.81. The third kappa shape index (κ3) is 3.66. The van der Waals surface area contributed by atoms with Gasteiger partial charge in [-0.1, -0.05) is 0 Å². The number of nitrogens with two attached hydrogens (primary N) is 3. The first-order valence-corrected chi connectivity index (χ1v) is 5.36. The second-order valence-electron chi connectivity index (χ2n) is 3.53. The third-order valence-corrected chi connectivity index (χ3v) is 2.22. The van der Waals surface area contributed by atoms with E-state index in [2.05, 4.69) is 9.98 Å². The Bertz CT molecular complexity index is 484. The van der Waals surface area contributed by atoms with Crippen LogP contribution >= 0.6 is 0 Å². The van der Waals surface area contributed by atoms with Crippen molar-refractivity contribution in [2.75, 3.05) is 21.3 Å². The van der Waals surface area contributed by atoms with E-state index in [1.165, 1.54) is 21.3 Å². The molecule has 0 heterocycles. The maximum Gasteiger partial charge on any atom is 0.522 e. The minimum atomic E-state index is -0.0163. The zero-order valence-electron chi connectivity index (χ0n) is 11.1. The van der Waals surface area contributed by atoms with Crippen molar-refractivity contribution in [3.05, 3.63) is 12.1 Å². The monoisotopic (exact) mass is 269 g/mol. The Morgan fingerprint density at radius 3 is 1.84 bits per heavy atom. The molecule has 8 N–H and O–H groups in total. The Morgan fingerprint density at radius 1 is 0.947 bits per heavy atom. The van der Waals surface area contributed by atoms with E-state index in [0.29, 0.717) is 22.9 Å². The van der Waals surface area contributed by atoms with Crippen molar-refractivity contribution in [1.29, 1.82) is 0 Å². The van der Waals surface area contributed by atoms with Crippen LogP contribution in [0.5, 0.6) is 17.2 Å². The molecule has 0 aliphatic rings. The van der Waals surface area contributed by atoms with Crippen molar-refractivity contribution >= 4 is 17.6 Å². The van der Waals surface area contributed by atoms with Gasteiger partial charge in [0, 0.05) is 12.1 Å². The molecule has 8 heteroatoms. The molecule has 0 spiro atoms. The molecule has 104 valence electrons. The average molecular weight is 269 g/mol. The molecule has 0 saturated carbocycles. The smallest absolute Gasteiger partial charge is 0.493 e. The number of guanidine groups is 2. The number of rotatable bonds is 4. The van der Waals surface area contributed by atoms with Crippen molar-refractivity contribution in [3.8, 4) is 17.2 Å². The predicted octanol–water partition coefficient (Wildman–Crippen LogP) is -3.91. The molecular weight excluding hydrogens is 250 g/mol. The second-order valence-corrected chi connectivity index (χ2v) is 3.53. The van der Waals surface area contributed by atoms with Crippen LogP contribution in [0, 0.1) is 0 Å². The van der Waals surface area contributed by atoms with Gasteiger partial charge in [0.05, 0.1) is 21.3 Å². The van der Waals surface area contributed by atoms with Gasteiger partial charge >= 0.3 is 5.96 Å². The summed E-state index contributed by atoms with van der Waals surface area (Å²) in [5, 5.41) is 0. The van der Waals surface area contributed by atoms with Crippen molar-refractivity contribution in [2.24, 2.45) is 17.2 Å². The molecule has 19 heavy (non-hydrogen) atoms. The highest BCUT2D eigenvalue weighted by Gasteiger charge is 2.15. The van der Waals surface area contributed by atoms with Crippen LogP contribution in [0.1, 0.15) is 0 Å². The fourth-order valence-corrected chi connectivity index (χ4v) is 1.50. The molecule has 0 aromatic heterocycles. The zero-order chi connectivity index (χ0) is 14.4. The van der Waals surface area contributed by atoms with Crippen LogP contribution in [0.3, 0.4) is 0 Å². The van der Waals surface area contributed by atoms with E-state index in [-0.39, 0.29) is 11.9 Å². The van der Waals surface area contributed by atoms with Crippen LogP contribution in [-0.4, -0.2) is 33.2 Å². The normalized spacial score (nSPS) is 10.8. The summed E-state index contributed by atoms with van der Waals surface area (Å²) in [5.41, 5.74) is 16.8. The summed E-state index contributed by atoms with van der Waals surface area (Å²) in [5.74, 6) is 1.65. The molecule has 1 aromatic carbocycles. The van der Waals surface area contributed by atoms with Crippen LogP contribution in [0.15, 0.2) is 12.1 Å². The van der Waals surface area contributed by atoms with Gasteiger partial charge in [-0.25, -0.2) is 5.73 Å². The molecule has 0 bridgehead atoms. The first kappa shape index (κ1) is 14.4. The highest BCUT2D eigenvalue weighted by atomic mass is 16.5. The topological polar surface area (TPSA) is 134 Å². The van der Waals surface area contributed by atoms with Crippen molar-refractivity contribution in [2.45, 2.75) is 0 Å². The Morgan fingerprint density at radius 2 is 1.47 bits per heavy atom. The summed E-state index contributed by atoms with van der Waals surface area (Å²) >= 11 is 0. The van der Waals surface area contributed by atoms with Gasteiger partial charge < -0.3 is 25.7 Å². The number of nitrogens with one attached hydrogen (secondary N) is 2. The fraction of sp³-hybridized carbons (Fsp3) is 0.273. The van der Waals surface area contributed by atoms with Crippen LogP contribution in [-0.2, 0) is 0 Å². The maximum absolute atomic E-state index is 5.66. The van der Waals surface area contributed by atoms with Crippen molar-refractivity contribution in [3.63, 3.8) is 0 Å². The van der Waals surface area contributed by atoms with E-state index in [1.54, 1.807) is 12.1 Å². The SMILES string of the molecule is COc1cc([NH+]=C(N)[NH+]=C(N)N)cc(OC)c1OC. The van der Waals surface area contributed by atoms with Crippen LogP contribution in [0.4, 0.5) is 5.69 Å². The molecule has 0 aliphatic heterocycles. The molecule has 0 saturated heterocycles. The molecule has 0 unspecified atom stereocenters. The standard InChI is InChI=1S/C11H17N5O3/c1-17-7-4-6(15-11(14)16-10(12)13)5-8(18-2)9(7)19-3/h4-5H,1-3H3,(H6,12,13,14,15,16)/p+2. The van der Waals surface area contributed by atoms with Crippen molar-refractivity contribution in [1.82, 2.24) is 0 Å². The minimum absolute atomic E-state index is 0.0163. The molecule has 0 fully saturated rings. The van der Waals surface area contributed by atoms with E-state index in [0.717, 1.165) is 0 Å². The Labute approximate surface area is 110 Å². The third-order valence-electron chi connectivity index (χ3n) is 2.22. The maximum atomic E-state index is 5.66. The molecule has 0 atom stereocenters. The lowest BCUT2D eigenvalue weighted by atomic mass is 10.2. The van der Waals surface area contributed by atoms with Gasteiger partial charge in [0.1, 0.15) is 0 Å². The van der Waals surface area contributed by atoms with Crippen molar-refractivity contribution < 1.29 is 24.2 Å². The zero-order valence-corrected chi connectivity index (χ0v) is 11.1. The highest BCUT2D eigenvalue weighted by Crippen LogP contribution is 2.38. The number of ether oxygens (including phenoxy) is 3. The molecule has 8 nitrogen and oxygen atoms in total. The summed E-state index contributed by atoms with van der Waals surface area (Å²) in [6, 6.07) is 3.39. The summed E-state index contributed by atoms with van der Waals surface area (Å²) in [4.78, 5) is 5.40.